The normalized spacial score (nSPS) is 12.5. The first-order chi connectivity index (χ1) is 6.56. The van der Waals surface area contributed by atoms with Crippen LogP contribution in [0.25, 0.3) is 0 Å². The maximum Gasteiger partial charge on any atom is 0.178 e. The standard InChI is InChI=1S/C10H12BrNOS/c1-6(11)10(13)8-4-3-7(14-2)5-9(8)12/h3-6H,12H2,1-2H3. The molecule has 0 aliphatic rings. The smallest absolute Gasteiger partial charge is 0.178 e. The third kappa shape index (κ3) is 2.51. The number of hydrogen-bond acceptors (Lipinski definition) is 3. The Kier molecular flexibility index (Phi) is 4.01. The highest BCUT2D eigenvalue weighted by molar-refractivity contribution is 9.10. The lowest BCUT2D eigenvalue weighted by Gasteiger charge is -2.07. The van der Waals surface area contributed by atoms with Gasteiger partial charge < -0.3 is 5.73 Å². The Morgan fingerprint density at radius 1 is 1.57 bits per heavy atom. The Morgan fingerprint density at radius 2 is 2.21 bits per heavy atom. The Morgan fingerprint density at radius 3 is 2.64 bits per heavy atom. The lowest BCUT2D eigenvalue weighted by molar-refractivity contribution is 0.0996. The van der Waals surface area contributed by atoms with Gasteiger partial charge in [0, 0.05) is 16.1 Å². The average molecular weight is 274 g/mol. The molecule has 1 atom stereocenters. The van der Waals surface area contributed by atoms with E-state index in [2.05, 4.69) is 15.9 Å². The van der Waals surface area contributed by atoms with E-state index in [1.807, 2.05) is 18.4 Å². The number of alkyl halides is 1. The molecule has 14 heavy (non-hydrogen) atoms. The van der Waals surface area contributed by atoms with Crippen LogP contribution in [-0.4, -0.2) is 16.9 Å². The van der Waals surface area contributed by atoms with E-state index in [-0.39, 0.29) is 10.6 Å². The number of nitrogens with two attached hydrogens (primary N) is 1. The zero-order valence-electron chi connectivity index (χ0n) is 8.08. The zero-order chi connectivity index (χ0) is 10.7. The second kappa shape index (κ2) is 4.84. The summed E-state index contributed by atoms with van der Waals surface area (Å²) in [6.07, 6.45) is 1.98. The Balaban J connectivity index is 3.06. The predicted molar refractivity (Wildman–Crippen MR) is 65.4 cm³/mol. The molecule has 0 saturated heterocycles. The van der Waals surface area contributed by atoms with Crippen LogP contribution < -0.4 is 5.73 Å². The van der Waals surface area contributed by atoms with Crippen LogP contribution in [0.3, 0.4) is 0 Å². The maximum atomic E-state index is 11.6. The number of ketones is 1. The summed E-state index contributed by atoms with van der Waals surface area (Å²) in [4.78, 5) is 12.5. The average Bonchev–Trinajstić information content (AvgIpc) is 2.16. The quantitative estimate of drug-likeness (QED) is 0.399. The van der Waals surface area contributed by atoms with Crippen molar-refractivity contribution >= 4 is 39.2 Å². The second-order valence-corrected chi connectivity index (χ2v) is 5.19. The molecular formula is C10H12BrNOS. The summed E-state index contributed by atoms with van der Waals surface area (Å²) in [5.41, 5.74) is 6.92. The maximum absolute atomic E-state index is 11.6. The van der Waals surface area contributed by atoms with Gasteiger partial charge in [-0.25, -0.2) is 0 Å². The number of rotatable bonds is 3. The lowest BCUT2D eigenvalue weighted by Crippen LogP contribution is -2.12. The molecule has 76 valence electrons. The molecule has 1 rings (SSSR count). The van der Waals surface area contributed by atoms with E-state index in [1.54, 1.807) is 24.8 Å². The van der Waals surface area contributed by atoms with Crippen molar-refractivity contribution < 1.29 is 4.79 Å². The van der Waals surface area contributed by atoms with E-state index in [4.69, 9.17) is 5.73 Å². The van der Waals surface area contributed by atoms with Gasteiger partial charge in [0.2, 0.25) is 0 Å². The van der Waals surface area contributed by atoms with Gasteiger partial charge in [0.25, 0.3) is 0 Å². The minimum atomic E-state index is -0.190. The van der Waals surface area contributed by atoms with Gasteiger partial charge >= 0.3 is 0 Å². The SMILES string of the molecule is CSc1ccc(C(=O)C(C)Br)c(N)c1. The summed E-state index contributed by atoms with van der Waals surface area (Å²) in [6.45, 7) is 1.80. The topological polar surface area (TPSA) is 43.1 Å². The lowest BCUT2D eigenvalue weighted by atomic mass is 10.1. The van der Waals surface area contributed by atoms with Crippen LogP contribution in [0.1, 0.15) is 17.3 Å². The number of thioether (sulfide) groups is 1. The van der Waals surface area contributed by atoms with E-state index in [9.17, 15) is 4.79 Å². The molecule has 0 aliphatic heterocycles. The van der Waals surface area contributed by atoms with Crippen molar-refractivity contribution in [2.45, 2.75) is 16.6 Å². The molecule has 1 unspecified atom stereocenters. The second-order valence-electron chi connectivity index (χ2n) is 2.93. The molecule has 1 aromatic rings. The molecule has 0 aromatic heterocycles. The molecule has 0 fully saturated rings. The van der Waals surface area contributed by atoms with Crippen LogP contribution in [0.2, 0.25) is 0 Å². The molecule has 0 aliphatic carbocycles. The van der Waals surface area contributed by atoms with Gasteiger partial charge in [-0.15, -0.1) is 11.8 Å². The highest BCUT2D eigenvalue weighted by Gasteiger charge is 2.14. The summed E-state index contributed by atoms with van der Waals surface area (Å²) >= 11 is 4.84. The van der Waals surface area contributed by atoms with E-state index >= 15 is 0 Å². The molecule has 1 aromatic carbocycles. The van der Waals surface area contributed by atoms with Crippen molar-refractivity contribution in [1.29, 1.82) is 0 Å². The molecule has 0 heterocycles. The fourth-order valence-corrected chi connectivity index (χ4v) is 1.80. The molecule has 2 nitrogen and oxygen atoms in total. The summed E-state index contributed by atoms with van der Waals surface area (Å²) in [5.74, 6) is 0.0233. The van der Waals surface area contributed by atoms with Gasteiger partial charge in [-0.05, 0) is 31.4 Å². The molecule has 4 heteroatoms. The number of anilines is 1. The molecule has 2 N–H and O–H groups in total. The number of benzene rings is 1. The van der Waals surface area contributed by atoms with E-state index in [0.29, 0.717) is 11.3 Å². The van der Waals surface area contributed by atoms with Crippen LogP contribution in [0.15, 0.2) is 23.1 Å². The monoisotopic (exact) mass is 273 g/mol. The highest BCUT2D eigenvalue weighted by atomic mass is 79.9. The van der Waals surface area contributed by atoms with Crippen molar-refractivity contribution in [2.24, 2.45) is 0 Å². The van der Waals surface area contributed by atoms with E-state index in [1.165, 1.54) is 0 Å². The number of Topliss-reactive ketones (excluding diaryl/α,β-unsaturated/α-hetero) is 1. The summed E-state index contributed by atoms with van der Waals surface area (Å²) in [6, 6.07) is 5.51. The Labute approximate surface area is 96.4 Å². The zero-order valence-corrected chi connectivity index (χ0v) is 10.5. The number of carbonyl (C=O) groups is 1. The third-order valence-corrected chi connectivity index (χ3v) is 3.03. The molecule has 0 radical (unpaired) electrons. The summed E-state index contributed by atoms with van der Waals surface area (Å²) in [7, 11) is 0. The highest BCUT2D eigenvalue weighted by Crippen LogP contribution is 2.23. The number of nitrogen functional groups attached to an aromatic ring is 1. The number of carbonyl (C=O) groups excluding carboxylic acids is 1. The Hall–Kier alpha value is -0.480. The predicted octanol–water partition coefficient (Wildman–Crippen LogP) is 2.96. The van der Waals surface area contributed by atoms with Gasteiger partial charge in [-0.1, -0.05) is 15.9 Å². The first-order valence-corrected chi connectivity index (χ1v) is 6.32. The van der Waals surface area contributed by atoms with Crippen molar-refractivity contribution in [3.05, 3.63) is 23.8 Å². The van der Waals surface area contributed by atoms with Gasteiger partial charge in [0.15, 0.2) is 5.78 Å². The van der Waals surface area contributed by atoms with Gasteiger partial charge in [0.05, 0.1) is 4.83 Å². The van der Waals surface area contributed by atoms with Crippen LogP contribution in [-0.2, 0) is 0 Å². The minimum Gasteiger partial charge on any atom is -0.398 e. The number of halogens is 1. The molecule has 0 amide bonds. The summed E-state index contributed by atoms with van der Waals surface area (Å²) < 4.78 is 0. The molecule has 0 bridgehead atoms. The molecular weight excluding hydrogens is 262 g/mol. The largest absolute Gasteiger partial charge is 0.398 e. The summed E-state index contributed by atoms with van der Waals surface area (Å²) in [5, 5.41) is 0. The minimum absolute atomic E-state index is 0.0233. The first-order valence-electron chi connectivity index (χ1n) is 4.18. The Bertz CT molecular complexity index is 352. The number of hydrogen-bond donors (Lipinski definition) is 1. The van der Waals surface area contributed by atoms with Crippen molar-refractivity contribution in [1.82, 2.24) is 0 Å². The third-order valence-electron chi connectivity index (χ3n) is 1.89. The van der Waals surface area contributed by atoms with Crippen LogP contribution in [0, 0.1) is 0 Å². The van der Waals surface area contributed by atoms with E-state index in [0.717, 1.165) is 4.90 Å². The van der Waals surface area contributed by atoms with Gasteiger partial charge in [0.1, 0.15) is 0 Å². The van der Waals surface area contributed by atoms with E-state index < -0.39 is 0 Å². The van der Waals surface area contributed by atoms with Gasteiger partial charge in [-0.3, -0.25) is 4.79 Å². The van der Waals surface area contributed by atoms with Crippen molar-refractivity contribution in [3.8, 4) is 0 Å². The fraction of sp³-hybridized carbons (Fsp3) is 0.300. The van der Waals surface area contributed by atoms with Crippen molar-refractivity contribution in [3.63, 3.8) is 0 Å². The molecule has 0 spiro atoms. The van der Waals surface area contributed by atoms with Crippen molar-refractivity contribution in [2.75, 3.05) is 12.0 Å². The van der Waals surface area contributed by atoms with Gasteiger partial charge in [-0.2, -0.15) is 0 Å². The van der Waals surface area contributed by atoms with Crippen LogP contribution in [0.4, 0.5) is 5.69 Å². The van der Waals surface area contributed by atoms with Crippen LogP contribution in [0.5, 0.6) is 0 Å². The van der Waals surface area contributed by atoms with Crippen LogP contribution >= 0.6 is 27.7 Å². The first kappa shape index (κ1) is 11.6. The fourth-order valence-electron chi connectivity index (χ4n) is 1.11. The molecule has 0 saturated carbocycles.